The number of nitrogens with two attached hydrogens (primary N) is 1. The first kappa shape index (κ1) is 11.1. The van der Waals surface area contributed by atoms with Crippen LogP contribution in [0, 0.1) is 11.3 Å². The lowest BCUT2D eigenvalue weighted by atomic mass is 10.0. The van der Waals surface area contributed by atoms with Crippen molar-refractivity contribution in [2.45, 2.75) is 13.3 Å². The summed E-state index contributed by atoms with van der Waals surface area (Å²) in [4.78, 5) is 11.1. The maximum Gasteiger partial charge on any atom is 0.264 e. The molecule has 78 valence electrons. The van der Waals surface area contributed by atoms with E-state index in [9.17, 15) is 13.6 Å². The van der Waals surface area contributed by atoms with Gasteiger partial charge in [-0.05, 0) is 19.1 Å². The number of rotatable bonds is 2. The van der Waals surface area contributed by atoms with Crippen LogP contribution in [-0.4, -0.2) is 5.78 Å². The normalized spacial score (nSPS) is 10.1. The highest BCUT2D eigenvalue weighted by molar-refractivity contribution is 5.97. The Labute approximate surface area is 85.1 Å². The number of hydrogen-bond donors (Lipinski definition) is 1. The number of nitrogen functional groups attached to an aromatic ring is 1. The summed E-state index contributed by atoms with van der Waals surface area (Å²) in [6.45, 7) is 1.17. The minimum Gasteiger partial charge on any atom is -0.398 e. The molecule has 0 atom stereocenters. The van der Waals surface area contributed by atoms with Crippen molar-refractivity contribution in [3.63, 3.8) is 0 Å². The fourth-order valence-corrected chi connectivity index (χ4v) is 1.22. The second kappa shape index (κ2) is 4.05. The van der Waals surface area contributed by atoms with Crippen molar-refractivity contribution in [2.75, 3.05) is 5.73 Å². The zero-order valence-electron chi connectivity index (χ0n) is 7.92. The Morgan fingerprint density at radius 1 is 1.53 bits per heavy atom. The molecule has 0 radical (unpaired) electrons. The summed E-state index contributed by atoms with van der Waals surface area (Å²) < 4.78 is 25.1. The standard InChI is InChI=1S/C10H8F2N2O/c1-5(15)7-3-9(14)6(4-13)2-8(7)10(11)12/h2-3,10H,14H2,1H3. The number of hydrogen-bond acceptors (Lipinski definition) is 3. The van der Waals surface area contributed by atoms with Crippen LogP contribution in [0.1, 0.15) is 34.8 Å². The number of benzene rings is 1. The predicted molar refractivity (Wildman–Crippen MR) is 50.5 cm³/mol. The summed E-state index contributed by atoms with van der Waals surface area (Å²) >= 11 is 0. The molecule has 5 heteroatoms. The predicted octanol–water partition coefficient (Wildman–Crippen LogP) is 2.28. The molecule has 15 heavy (non-hydrogen) atoms. The van der Waals surface area contributed by atoms with Gasteiger partial charge in [0.15, 0.2) is 5.78 Å². The molecule has 1 rings (SSSR count). The Morgan fingerprint density at radius 3 is 2.53 bits per heavy atom. The minimum atomic E-state index is -2.79. The maximum atomic E-state index is 12.5. The van der Waals surface area contributed by atoms with E-state index in [4.69, 9.17) is 11.0 Å². The number of halogens is 2. The lowest BCUT2D eigenvalue weighted by molar-refractivity contribution is 0.0999. The van der Waals surface area contributed by atoms with Crippen LogP contribution in [0.15, 0.2) is 12.1 Å². The first-order chi connectivity index (χ1) is 6.97. The molecule has 0 fully saturated rings. The van der Waals surface area contributed by atoms with Gasteiger partial charge in [-0.25, -0.2) is 8.78 Å². The van der Waals surface area contributed by atoms with Crippen molar-refractivity contribution in [2.24, 2.45) is 0 Å². The SMILES string of the molecule is CC(=O)c1cc(N)c(C#N)cc1C(F)F. The third-order valence-corrected chi connectivity index (χ3v) is 1.96. The van der Waals surface area contributed by atoms with Crippen LogP contribution >= 0.6 is 0 Å². The average molecular weight is 210 g/mol. The Hall–Kier alpha value is -1.96. The van der Waals surface area contributed by atoms with Crippen LogP contribution in [-0.2, 0) is 0 Å². The van der Waals surface area contributed by atoms with Crippen LogP contribution < -0.4 is 5.73 Å². The fourth-order valence-electron chi connectivity index (χ4n) is 1.22. The lowest BCUT2D eigenvalue weighted by Gasteiger charge is -2.08. The lowest BCUT2D eigenvalue weighted by Crippen LogP contribution is -2.03. The molecule has 0 bridgehead atoms. The largest absolute Gasteiger partial charge is 0.398 e. The monoisotopic (exact) mass is 210 g/mol. The van der Waals surface area contributed by atoms with Crippen molar-refractivity contribution in [3.05, 3.63) is 28.8 Å². The molecule has 1 aromatic carbocycles. The van der Waals surface area contributed by atoms with Crippen molar-refractivity contribution in [1.29, 1.82) is 5.26 Å². The first-order valence-electron chi connectivity index (χ1n) is 4.10. The van der Waals surface area contributed by atoms with E-state index in [-0.39, 0.29) is 16.8 Å². The van der Waals surface area contributed by atoms with Gasteiger partial charge in [0.05, 0.1) is 11.3 Å². The molecule has 0 heterocycles. The van der Waals surface area contributed by atoms with E-state index in [0.29, 0.717) is 0 Å². The zero-order valence-corrected chi connectivity index (χ0v) is 7.92. The van der Waals surface area contributed by atoms with E-state index < -0.39 is 17.8 Å². The number of alkyl halides is 2. The van der Waals surface area contributed by atoms with E-state index in [1.54, 1.807) is 6.07 Å². The molecule has 0 aromatic heterocycles. The molecule has 0 spiro atoms. The third kappa shape index (κ3) is 2.10. The Morgan fingerprint density at radius 2 is 2.13 bits per heavy atom. The van der Waals surface area contributed by atoms with Crippen LogP contribution in [0.2, 0.25) is 0 Å². The van der Waals surface area contributed by atoms with E-state index in [1.807, 2.05) is 0 Å². The maximum absolute atomic E-state index is 12.5. The summed E-state index contributed by atoms with van der Waals surface area (Å²) in [6, 6.07) is 3.76. The minimum absolute atomic E-state index is 0.0344. The van der Waals surface area contributed by atoms with Gasteiger partial charge in [-0.1, -0.05) is 0 Å². The topological polar surface area (TPSA) is 66.9 Å². The molecule has 1 aromatic rings. The average Bonchev–Trinajstić information content (AvgIpc) is 2.16. The van der Waals surface area contributed by atoms with Crippen molar-refractivity contribution in [3.8, 4) is 6.07 Å². The molecule has 0 amide bonds. The molecular formula is C10H8F2N2O. The summed E-state index contributed by atoms with van der Waals surface area (Å²) in [6.07, 6.45) is -2.79. The Kier molecular flexibility index (Phi) is 3.00. The second-order valence-corrected chi connectivity index (χ2v) is 3.00. The summed E-state index contributed by atoms with van der Waals surface area (Å²) in [5.41, 5.74) is 4.82. The number of carbonyl (C=O) groups is 1. The van der Waals surface area contributed by atoms with Gasteiger partial charge in [-0.3, -0.25) is 4.79 Å². The van der Waals surface area contributed by atoms with Gasteiger partial charge < -0.3 is 5.73 Å². The molecule has 0 aliphatic heterocycles. The summed E-state index contributed by atoms with van der Waals surface area (Å²) in [5, 5.41) is 8.59. The first-order valence-corrected chi connectivity index (χ1v) is 4.10. The highest BCUT2D eigenvalue weighted by Crippen LogP contribution is 2.27. The second-order valence-electron chi connectivity index (χ2n) is 3.00. The van der Waals surface area contributed by atoms with E-state index in [0.717, 1.165) is 12.1 Å². The Balaban J connectivity index is 3.47. The number of ketones is 1. The van der Waals surface area contributed by atoms with Crippen LogP contribution in [0.25, 0.3) is 0 Å². The van der Waals surface area contributed by atoms with E-state index >= 15 is 0 Å². The number of Topliss-reactive ketones (excluding diaryl/α,β-unsaturated/α-hetero) is 1. The van der Waals surface area contributed by atoms with Gasteiger partial charge in [-0.15, -0.1) is 0 Å². The van der Waals surface area contributed by atoms with Gasteiger partial charge in [0.25, 0.3) is 6.43 Å². The van der Waals surface area contributed by atoms with Crippen molar-refractivity contribution >= 4 is 11.5 Å². The van der Waals surface area contributed by atoms with Crippen molar-refractivity contribution < 1.29 is 13.6 Å². The highest BCUT2D eigenvalue weighted by atomic mass is 19.3. The molecule has 0 unspecified atom stereocenters. The van der Waals surface area contributed by atoms with E-state index in [1.165, 1.54) is 6.92 Å². The molecule has 0 aliphatic carbocycles. The third-order valence-electron chi connectivity index (χ3n) is 1.96. The van der Waals surface area contributed by atoms with Gasteiger partial charge in [0.1, 0.15) is 6.07 Å². The highest BCUT2D eigenvalue weighted by Gasteiger charge is 2.18. The molecule has 0 saturated heterocycles. The quantitative estimate of drug-likeness (QED) is 0.601. The smallest absolute Gasteiger partial charge is 0.264 e. The summed E-state index contributed by atoms with van der Waals surface area (Å²) in [5.74, 6) is -0.499. The number of carbonyl (C=O) groups excluding carboxylic acids is 1. The Bertz CT molecular complexity index is 449. The van der Waals surface area contributed by atoms with Gasteiger partial charge in [0.2, 0.25) is 0 Å². The van der Waals surface area contributed by atoms with Crippen molar-refractivity contribution in [1.82, 2.24) is 0 Å². The zero-order chi connectivity index (χ0) is 11.6. The fraction of sp³-hybridized carbons (Fsp3) is 0.200. The molecular weight excluding hydrogens is 202 g/mol. The van der Waals surface area contributed by atoms with Gasteiger partial charge in [0, 0.05) is 11.1 Å². The van der Waals surface area contributed by atoms with Crippen LogP contribution in [0.4, 0.5) is 14.5 Å². The summed E-state index contributed by atoms with van der Waals surface area (Å²) in [7, 11) is 0. The van der Waals surface area contributed by atoms with E-state index in [2.05, 4.69) is 0 Å². The van der Waals surface area contributed by atoms with Gasteiger partial charge in [-0.2, -0.15) is 5.26 Å². The number of nitrogens with zero attached hydrogens (tertiary/aromatic N) is 1. The number of nitriles is 1. The van der Waals surface area contributed by atoms with Crippen LogP contribution in [0.3, 0.4) is 0 Å². The molecule has 0 aliphatic rings. The molecule has 0 saturated carbocycles. The number of anilines is 1. The molecule has 3 nitrogen and oxygen atoms in total. The van der Waals surface area contributed by atoms with Crippen LogP contribution in [0.5, 0.6) is 0 Å². The van der Waals surface area contributed by atoms with Gasteiger partial charge >= 0.3 is 0 Å². The molecule has 2 N–H and O–H groups in total.